The van der Waals surface area contributed by atoms with Crippen LogP contribution in [0.5, 0.6) is 0 Å². The Hall–Kier alpha value is -0.450. The molecule has 4 heteroatoms. The first-order valence-electron chi connectivity index (χ1n) is 7.60. The first-order valence-corrected chi connectivity index (χ1v) is 8.41. The molecule has 0 bridgehead atoms. The van der Waals surface area contributed by atoms with E-state index >= 15 is 0 Å². The fraction of sp³-hybridized carbons (Fsp3) is 0.800. The summed E-state index contributed by atoms with van der Waals surface area (Å²) in [6.07, 6.45) is 5.55. The summed E-state index contributed by atoms with van der Waals surface area (Å²) >= 11 is 1.88. The lowest BCUT2D eigenvalue weighted by Crippen LogP contribution is -2.39. The fourth-order valence-electron chi connectivity index (χ4n) is 3.10. The first-order chi connectivity index (χ1) is 9.22. The lowest BCUT2D eigenvalue weighted by atomic mass is 9.99. The predicted octanol–water partition coefficient (Wildman–Crippen LogP) is 2.72. The van der Waals surface area contributed by atoms with Gasteiger partial charge in [0.2, 0.25) is 0 Å². The molecule has 0 amide bonds. The number of nitrogens with zero attached hydrogens (tertiary/aromatic N) is 2. The quantitative estimate of drug-likeness (QED) is 0.898. The topological polar surface area (TPSA) is 28.2 Å². The number of rotatable bonds is 5. The maximum atomic E-state index is 4.57. The summed E-state index contributed by atoms with van der Waals surface area (Å²) in [5.41, 5.74) is 1.25. The van der Waals surface area contributed by atoms with Crippen molar-refractivity contribution in [2.45, 2.75) is 52.1 Å². The van der Waals surface area contributed by atoms with Gasteiger partial charge in [-0.3, -0.25) is 4.90 Å². The van der Waals surface area contributed by atoms with Crippen LogP contribution in [0, 0.1) is 19.8 Å². The molecule has 0 aromatic carbocycles. The molecule has 0 radical (unpaired) electrons. The highest BCUT2D eigenvalue weighted by Crippen LogP contribution is 2.31. The molecule has 1 unspecified atom stereocenters. The van der Waals surface area contributed by atoms with E-state index in [0.717, 1.165) is 18.5 Å². The summed E-state index contributed by atoms with van der Waals surface area (Å²) in [5, 5.41) is 4.75. The minimum absolute atomic E-state index is 0.851. The molecule has 1 saturated heterocycles. The highest BCUT2D eigenvalue weighted by atomic mass is 32.1. The van der Waals surface area contributed by atoms with Crippen molar-refractivity contribution in [1.29, 1.82) is 0 Å². The maximum absolute atomic E-state index is 4.57. The molecule has 1 atom stereocenters. The number of aryl methyl sites for hydroxylation is 2. The van der Waals surface area contributed by atoms with Gasteiger partial charge < -0.3 is 5.32 Å². The number of nitrogens with one attached hydrogen (secondary N) is 1. The van der Waals surface area contributed by atoms with E-state index < -0.39 is 0 Å². The van der Waals surface area contributed by atoms with Crippen LogP contribution in [-0.2, 0) is 6.54 Å². The maximum Gasteiger partial charge on any atom is 0.0900 e. The van der Waals surface area contributed by atoms with Crippen molar-refractivity contribution in [3.8, 4) is 0 Å². The number of hydrogen-bond donors (Lipinski definition) is 1. The van der Waals surface area contributed by atoms with Crippen LogP contribution in [0.15, 0.2) is 0 Å². The van der Waals surface area contributed by atoms with Gasteiger partial charge in [0.25, 0.3) is 0 Å². The van der Waals surface area contributed by atoms with E-state index in [1.165, 1.54) is 60.9 Å². The molecule has 106 valence electrons. The third-order valence-corrected chi connectivity index (χ3v) is 5.36. The molecule has 1 aromatic rings. The Morgan fingerprint density at radius 3 is 2.74 bits per heavy atom. The Morgan fingerprint density at radius 1 is 1.32 bits per heavy atom. The van der Waals surface area contributed by atoms with Gasteiger partial charge in [-0.2, -0.15) is 0 Å². The van der Waals surface area contributed by atoms with Crippen molar-refractivity contribution in [2.24, 2.45) is 5.92 Å². The standard InChI is InChI=1S/C15H25N3S/c1-11-15(19-12(2)17-11)10-18(14-5-6-14)9-13-4-3-7-16-8-13/h13-14,16H,3-10H2,1-2H3. The third kappa shape index (κ3) is 3.56. The second-order valence-electron chi connectivity index (χ2n) is 6.11. The van der Waals surface area contributed by atoms with Crippen LogP contribution in [-0.4, -0.2) is 35.6 Å². The molecule has 3 rings (SSSR count). The zero-order valence-electron chi connectivity index (χ0n) is 12.1. The molecule has 1 aliphatic heterocycles. The molecule has 1 aliphatic carbocycles. The molecule has 3 nitrogen and oxygen atoms in total. The van der Waals surface area contributed by atoms with E-state index in [2.05, 4.69) is 29.0 Å². The molecular weight excluding hydrogens is 254 g/mol. The zero-order chi connectivity index (χ0) is 13.2. The van der Waals surface area contributed by atoms with Crippen molar-refractivity contribution in [1.82, 2.24) is 15.2 Å². The SMILES string of the molecule is Cc1nc(C)c(CN(CC2CCCNC2)C2CC2)s1. The number of thiazole rings is 1. The van der Waals surface area contributed by atoms with Crippen molar-refractivity contribution in [3.05, 3.63) is 15.6 Å². The largest absolute Gasteiger partial charge is 0.316 e. The van der Waals surface area contributed by atoms with Gasteiger partial charge >= 0.3 is 0 Å². The summed E-state index contributed by atoms with van der Waals surface area (Å²) in [4.78, 5) is 8.77. The molecule has 2 aliphatic rings. The van der Waals surface area contributed by atoms with Crippen molar-refractivity contribution in [3.63, 3.8) is 0 Å². The van der Waals surface area contributed by atoms with Crippen LogP contribution >= 0.6 is 11.3 Å². The van der Waals surface area contributed by atoms with Gasteiger partial charge in [0.05, 0.1) is 10.7 Å². The highest BCUT2D eigenvalue weighted by molar-refractivity contribution is 7.11. The second kappa shape index (κ2) is 5.90. The van der Waals surface area contributed by atoms with Crippen LogP contribution < -0.4 is 5.32 Å². The summed E-state index contributed by atoms with van der Waals surface area (Å²) in [5.74, 6) is 0.851. The normalized spacial score (nSPS) is 24.1. The molecule has 0 spiro atoms. The summed E-state index contributed by atoms with van der Waals surface area (Å²) in [6, 6.07) is 0.851. The van der Waals surface area contributed by atoms with Crippen molar-refractivity contribution < 1.29 is 0 Å². The van der Waals surface area contributed by atoms with E-state index in [4.69, 9.17) is 0 Å². The summed E-state index contributed by atoms with van der Waals surface area (Å²) in [7, 11) is 0. The van der Waals surface area contributed by atoms with Gasteiger partial charge in [-0.05, 0) is 58.5 Å². The van der Waals surface area contributed by atoms with Crippen LogP contribution in [0.25, 0.3) is 0 Å². The van der Waals surface area contributed by atoms with Gasteiger partial charge in [-0.1, -0.05) is 0 Å². The lowest BCUT2D eigenvalue weighted by Gasteiger charge is -2.30. The molecule has 1 saturated carbocycles. The zero-order valence-corrected chi connectivity index (χ0v) is 12.9. The van der Waals surface area contributed by atoms with Crippen molar-refractivity contribution in [2.75, 3.05) is 19.6 Å². The lowest BCUT2D eigenvalue weighted by molar-refractivity contribution is 0.194. The molecular formula is C15H25N3S. The van der Waals surface area contributed by atoms with Gasteiger partial charge in [0.1, 0.15) is 0 Å². The van der Waals surface area contributed by atoms with Crippen LogP contribution in [0.4, 0.5) is 0 Å². The average molecular weight is 279 g/mol. The summed E-state index contributed by atoms with van der Waals surface area (Å²) in [6.45, 7) is 9.10. The van der Waals surface area contributed by atoms with Gasteiger partial charge in [0.15, 0.2) is 0 Å². The predicted molar refractivity (Wildman–Crippen MR) is 80.6 cm³/mol. The fourth-order valence-corrected chi connectivity index (χ4v) is 4.06. The van der Waals surface area contributed by atoms with E-state index in [-0.39, 0.29) is 0 Å². The number of piperidine rings is 1. The van der Waals surface area contributed by atoms with E-state index in [1.807, 2.05) is 11.3 Å². The van der Waals surface area contributed by atoms with Gasteiger partial charge in [0, 0.05) is 24.0 Å². The van der Waals surface area contributed by atoms with E-state index in [1.54, 1.807) is 0 Å². The minimum Gasteiger partial charge on any atom is -0.316 e. The molecule has 2 heterocycles. The van der Waals surface area contributed by atoms with Crippen LogP contribution in [0.3, 0.4) is 0 Å². The summed E-state index contributed by atoms with van der Waals surface area (Å²) < 4.78 is 0. The Morgan fingerprint density at radius 2 is 2.16 bits per heavy atom. The first kappa shape index (κ1) is 13.5. The number of hydrogen-bond acceptors (Lipinski definition) is 4. The van der Waals surface area contributed by atoms with Crippen LogP contribution in [0.1, 0.15) is 41.3 Å². The Kier molecular flexibility index (Phi) is 4.20. The van der Waals surface area contributed by atoms with Crippen molar-refractivity contribution >= 4 is 11.3 Å². The average Bonchev–Trinajstić information content (AvgIpc) is 3.18. The Bertz CT molecular complexity index is 419. The smallest absolute Gasteiger partial charge is 0.0900 e. The second-order valence-corrected chi connectivity index (χ2v) is 7.40. The molecule has 19 heavy (non-hydrogen) atoms. The van der Waals surface area contributed by atoms with Gasteiger partial charge in [-0.15, -0.1) is 11.3 Å². The minimum atomic E-state index is 0.851. The molecule has 1 N–H and O–H groups in total. The van der Waals surface area contributed by atoms with Gasteiger partial charge in [-0.25, -0.2) is 4.98 Å². The highest BCUT2D eigenvalue weighted by Gasteiger charge is 2.31. The monoisotopic (exact) mass is 279 g/mol. The molecule has 1 aromatic heterocycles. The third-order valence-electron chi connectivity index (χ3n) is 4.30. The Labute approximate surface area is 120 Å². The molecule has 2 fully saturated rings. The van der Waals surface area contributed by atoms with Crippen LogP contribution in [0.2, 0.25) is 0 Å². The van der Waals surface area contributed by atoms with E-state index in [9.17, 15) is 0 Å². The van der Waals surface area contributed by atoms with E-state index in [0.29, 0.717) is 0 Å². The Balaban J connectivity index is 1.62. The number of aromatic nitrogens is 1.